The highest BCUT2D eigenvalue weighted by Gasteiger charge is 2.11. The molecule has 0 fully saturated rings. The van der Waals surface area contributed by atoms with E-state index in [1.54, 1.807) is 27.3 Å². The third-order valence-electron chi connectivity index (χ3n) is 3.15. The fourth-order valence-electron chi connectivity index (χ4n) is 2.06. The van der Waals surface area contributed by atoms with Crippen molar-refractivity contribution in [3.63, 3.8) is 0 Å². The third kappa shape index (κ3) is 2.37. The first kappa shape index (κ1) is 13.7. The van der Waals surface area contributed by atoms with E-state index in [2.05, 4.69) is 4.98 Å². The number of hydrogen-bond acceptors (Lipinski definition) is 4. The second-order valence-corrected chi connectivity index (χ2v) is 5.01. The lowest BCUT2D eigenvalue weighted by atomic mass is 10.2. The molecule has 2 rings (SSSR count). The summed E-state index contributed by atoms with van der Waals surface area (Å²) in [7, 11) is 3.32. The molecule has 0 unspecified atom stereocenters. The summed E-state index contributed by atoms with van der Waals surface area (Å²) in [6, 6.07) is 0. The van der Waals surface area contributed by atoms with Crippen molar-refractivity contribution in [2.24, 2.45) is 14.1 Å². The lowest BCUT2D eigenvalue weighted by molar-refractivity contribution is -0.117. The van der Waals surface area contributed by atoms with Crippen LogP contribution in [0.4, 0.5) is 0 Å². The Balaban J connectivity index is 2.51. The maximum atomic E-state index is 11.9. The zero-order chi connectivity index (χ0) is 14.2. The van der Waals surface area contributed by atoms with E-state index in [1.807, 2.05) is 4.57 Å². The molecular weight excluding hydrogens is 264 g/mol. The molecular formula is C12H16N4O2S. The van der Waals surface area contributed by atoms with Gasteiger partial charge >= 0.3 is 5.69 Å². The molecule has 6 nitrogen and oxygen atoms in total. The number of carbonyl (C=O) groups excluding carboxylic acids is 1. The van der Waals surface area contributed by atoms with E-state index in [1.165, 1.54) is 9.13 Å². The van der Waals surface area contributed by atoms with Crippen molar-refractivity contribution in [2.45, 2.75) is 26.3 Å². The molecule has 102 valence electrons. The van der Waals surface area contributed by atoms with Crippen LogP contribution in [0, 0.1) is 4.64 Å². The van der Waals surface area contributed by atoms with Crippen LogP contribution in [0.1, 0.15) is 19.8 Å². The molecule has 2 aromatic heterocycles. The van der Waals surface area contributed by atoms with Crippen LogP contribution in [0.25, 0.3) is 11.2 Å². The van der Waals surface area contributed by atoms with E-state index in [0.717, 1.165) is 11.9 Å². The van der Waals surface area contributed by atoms with Crippen LogP contribution in [-0.4, -0.2) is 24.5 Å². The summed E-state index contributed by atoms with van der Waals surface area (Å²) in [6.45, 7) is 2.24. The first-order valence-corrected chi connectivity index (χ1v) is 6.44. The zero-order valence-electron chi connectivity index (χ0n) is 11.2. The first-order valence-electron chi connectivity index (χ1n) is 6.03. The Kier molecular flexibility index (Phi) is 3.66. The number of fused-ring (bicyclic) bond motifs is 1. The number of Topliss-reactive ketones (excluding diaryl/α,β-unsaturated/α-hetero) is 1. The Morgan fingerprint density at radius 2 is 2.05 bits per heavy atom. The number of aromatic nitrogens is 4. The molecule has 0 amide bonds. The summed E-state index contributed by atoms with van der Waals surface area (Å²) in [4.78, 5) is 27.1. The second-order valence-electron chi connectivity index (χ2n) is 4.62. The average Bonchev–Trinajstić information content (AvgIpc) is 2.77. The van der Waals surface area contributed by atoms with Gasteiger partial charge in [0.1, 0.15) is 15.9 Å². The van der Waals surface area contributed by atoms with E-state index in [9.17, 15) is 9.59 Å². The maximum absolute atomic E-state index is 11.9. The minimum Gasteiger partial charge on any atom is -0.327 e. The summed E-state index contributed by atoms with van der Waals surface area (Å²) in [5.41, 5.74) is 1.16. The fraction of sp³-hybridized carbons (Fsp3) is 0.500. The molecule has 0 saturated heterocycles. The van der Waals surface area contributed by atoms with Crippen LogP contribution in [0.15, 0.2) is 11.1 Å². The molecule has 0 N–H and O–H groups in total. The van der Waals surface area contributed by atoms with Gasteiger partial charge in [0, 0.05) is 27.1 Å². The Labute approximate surface area is 115 Å². The number of carbonyl (C=O) groups is 1. The van der Waals surface area contributed by atoms with Gasteiger partial charge in [-0.2, -0.15) is 0 Å². The molecule has 0 bridgehead atoms. The van der Waals surface area contributed by atoms with Crippen molar-refractivity contribution < 1.29 is 4.79 Å². The van der Waals surface area contributed by atoms with Gasteiger partial charge in [0.25, 0.3) is 0 Å². The number of nitrogens with zero attached hydrogens (tertiary/aromatic N) is 4. The van der Waals surface area contributed by atoms with Crippen molar-refractivity contribution >= 4 is 29.2 Å². The van der Waals surface area contributed by atoms with Gasteiger partial charge in [-0.1, -0.05) is 12.2 Å². The van der Waals surface area contributed by atoms with Crippen LogP contribution in [0.5, 0.6) is 0 Å². The Bertz CT molecular complexity index is 753. The zero-order valence-corrected chi connectivity index (χ0v) is 12.0. The molecule has 0 atom stereocenters. The molecule has 2 heterocycles. The topological polar surface area (TPSA) is 61.8 Å². The van der Waals surface area contributed by atoms with Crippen LogP contribution in [-0.2, 0) is 25.4 Å². The van der Waals surface area contributed by atoms with Crippen LogP contribution in [0.2, 0.25) is 0 Å². The minimum atomic E-state index is -0.188. The van der Waals surface area contributed by atoms with Gasteiger partial charge < -0.3 is 9.36 Å². The van der Waals surface area contributed by atoms with Crippen LogP contribution < -0.4 is 5.69 Å². The molecule has 19 heavy (non-hydrogen) atoms. The van der Waals surface area contributed by atoms with E-state index in [0.29, 0.717) is 23.3 Å². The number of aryl methyl sites for hydroxylation is 2. The number of hydrogen-bond donors (Lipinski definition) is 0. The molecule has 0 radical (unpaired) electrons. The summed E-state index contributed by atoms with van der Waals surface area (Å²) >= 11 is 5.31. The maximum Gasteiger partial charge on any atom is 0.330 e. The standard InChI is InChI=1S/C12H16N4O2S/c1-8(17)5-4-6-16-7-13-10-9(16)11(19)15(3)12(18)14(10)2/h7H,4-6H2,1-3H3. The smallest absolute Gasteiger partial charge is 0.327 e. The number of rotatable bonds is 4. The van der Waals surface area contributed by atoms with E-state index in [-0.39, 0.29) is 11.5 Å². The largest absolute Gasteiger partial charge is 0.330 e. The van der Waals surface area contributed by atoms with Gasteiger partial charge in [-0.25, -0.2) is 9.78 Å². The van der Waals surface area contributed by atoms with Gasteiger partial charge in [-0.3, -0.25) is 9.13 Å². The van der Waals surface area contributed by atoms with Crippen LogP contribution >= 0.6 is 12.2 Å². The Morgan fingerprint density at radius 3 is 2.68 bits per heavy atom. The highest BCUT2D eigenvalue weighted by atomic mass is 32.1. The quantitative estimate of drug-likeness (QED) is 0.789. The fourth-order valence-corrected chi connectivity index (χ4v) is 2.35. The van der Waals surface area contributed by atoms with Gasteiger partial charge in [-0.05, 0) is 13.3 Å². The lowest BCUT2D eigenvalue weighted by Gasteiger charge is -2.07. The number of ketones is 1. The predicted molar refractivity (Wildman–Crippen MR) is 74.7 cm³/mol. The van der Waals surface area contributed by atoms with Crippen molar-refractivity contribution in [2.75, 3.05) is 0 Å². The van der Waals surface area contributed by atoms with E-state index in [4.69, 9.17) is 12.2 Å². The molecule has 0 saturated carbocycles. The van der Waals surface area contributed by atoms with Crippen molar-refractivity contribution in [1.82, 2.24) is 18.7 Å². The molecule has 2 aromatic rings. The molecule has 0 aliphatic rings. The van der Waals surface area contributed by atoms with Gasteiger partial charge in [0.2, 0.25) is 0 Å². The molecule has 7 heteroatoms. The summed E-state index contributed by atoms with van der Waals surface area (Å²) in [5, 5.41) is 0. The highest BCUT2D eigenvalue weighted by molar-refractivity contribution is 7.71. The number of imidazole rings is 1. The SMILES string of the molecule is CC(=O)CCCn1cnc2c1c(=S)n(C)c(=O)n2C. The molecule has 0 aromatic carbocycles. The monoisotopic (exact) mass is 280 g/mol. The Hall–Kier alpha value is -1.76. The molecule has 0 aliphatic carbocycles. The first-order chi connectivity index (χ1) is 8.93. The van der Waals surface area contributed by atoms with E-state index < -0.39 is 0 Å². The minimum absolute atomic E-state index is 0.168. The van der Waals surface area contributed by atoms with Gasteiger partial charge in [0.05, 0.1) is 6.33 Å². The summed E-state index contributed by atoms with van der Waals surface area (Å²) < 4.78 is 5.28. The third-order valence-corrected chi connectivity index (χ3v) is 3.61. The molecule has 0 spiro atoms. The highest BCUT2D eigenvalue weighted by Crippen LogP contribution is 2.12. The van der Waals surface area contributed by atoms with Gasteiger partial charge in [-0.15, -0.1) is 0 Å². The average molecular weight is 280 g/mol. The predicted octanol–water partition coefficient (Wildman–Crippen LogP) is 1.17. The summed E-state index contributed by atoms with van der Waals surface area (Å²) in [6.07, 6.45) is 2.94. The lowest BCUT2D eigenvalue weighted by Crippen LogP contribution is -2.28. The van der Waals surface area contributed by atoms with Gasteiger partial charge in [0.15, 0.2) is 5.65 Å². The van der Waals surface area contributed by atoms with Crippen molar-refractivity contribution in [1.29, 1.82) is 0 Å². The normalized spacial score (nSPS) is 11.1. The second kappa shape index (κ2) is 5.08. The van der Waals surface area contributed by atoms with Crippen molar-refractivity contribution in [3.05, 3.63) is 21.5 Å². The van der Waals surface area contributed by atoms with E-state index >= 15 is 0 Å². The van der Waals surface area contributed by atoms with Crippen LogP contribution in [0.3, 0.4) is 0 Å². The Morgan fingerprint density at radius 1 is 1.37 bits per heavy atom. The molecule has 0 aliphatic heterocycles. The summed E-state index contributed by atoms with van der Waals surface area (Å²) in [5.74, 6) is 0.168. The van der Waals surface area contributed by atoms with Crippen molar-refractivity contribution in [3.8, 4) is 0 Å².